The summed E-state index contributed by atoms with van der Waals surface area (Å²) in [6.07, 6.45) is -3.31. The van der Waals surface area contributed by atoms with Gasteiger partial charge in [0.05, 0.1) is 6.42 Å². The summed E-state index contributed by atoms with van der Waals surface area (Å²) in [5, 5.41) is 0. The van der Waals surface area contributed by atoms with Crippen LogP contribution in [0.3, 0.4) is 0 Å². The number of hydrogen-bond donors (Lipinski definition) is 0. The van der Waals surface area contributed by atoms with E-state index in [9.17, 15) is 26.7 Å². The average Bonchev–Trinajstić information content (AvgIpc) is 2.99. The highest BCUT2D eigenvalue weighted by Crippen LogP contribution is 2.39. The van der Waals surface area contributed by atoms with E-state index in [2.05, 4.69) is 4.90 Å². The first-order chi connectivity index (χ1) is 12.7. The molecule has 2 saturated heterocycles. The van der Waals surface area contributed by atoms with Gasteiger partial charge in [0.1, 0.15) is 0 Å². The lowest BCUT2D eigenvalue weighted by Gasteiger charge is -2.40. The van der Waals surface area contributed by atoms with Gasteiger partial charge in [-0.2, -0.15) is 13.2 Å². The van der Waals surface area contributed by atoms with Crippen molar-refractivity contribution in [1.82, 2.24) is 9.80 Å². The van der Waals surface area contributed by atoms with Crippen LogP contribution in [0.2, 0.25) is 0 Å². The molecule has 27 heavy (non-hydrogen) atoms. The largest absolute Gasteiger partial charge is 0.389 e. The fourth-order valence-electron chi connectivity index (χ4n) is 4.23. The lowest BCUT2D eigenvalue weighted by atomic mass is 9.79. The number of benzene rings is 1. The fourth-order valence-corrected chi connectivity index (χ4v) is 4.23. The van der Waals surface area contributed by atoms with E-state index in [1.807, 2.05) is 0 Å². The van der Waals surface area contributed by atoms with Crippen LogP contribution in [0.15, 0.2) is 18.2 Å². The van der Waals surface area contributed by atoms with Crippen LogP contribution in [-0.4, -0.2) is 48.1 Å². The van der Waals surface area contributed by atoms with Crippen LogP contribution in [-0.2, 0) is 11.3 Å². The molecule has 1 aromatic rings. The van der Waals surface area contributed by atoms with Gasteiger partial charge in [-0.25, -0.2) is 8.78 Å². The van der Waals surface area contributed by atoms with Crippen LogP contribution >= 0.6 is 0 Å². The van der Waals surface area contributed by atoms with Gasteiger partial charge in [0.25, 0.3) is 0 Å². The van der Waals surface area contributed by atoms with E-state index in [1.165, 1.54) is 6.07 Å². The molecule has 1 spiro atoms. The Bertz CT molecular complexity index is 693. The number of halogens is 5. The van der Waals surface area contributed by atoms with Gasteiger partial charge < -0.3 is 4.90 Å². The molecule has 1 unspecified atom stereocenters. The third kappa shape index (κ3) is 5.18. The van der Waals surface area contributed by atoms with E-state index in [0.717, 1.165) is 31.9 Å². The van der Waals surface area contributed by atoms with Crippen molar-refractivity contribution >= 4 is 5.91 Å². The van der Waals surface area contributed by atoms with Crippen LogP contribution in [0.25, 0.3) is 0 Å². The molecule has 1 atom stereocenters. The molecule has 0 aromatic heterocycles. The summed E-state index contributed by atoms with van der Waals surface area (Å²) < 4.78 is 63.5. The molecule has 0 saturated carbocycles. The first-order valence-electron chi connectivity index (χ1n) is 9.17. The van der Waals surface area contributed by atoms with E-state index in [1.54, 1.807) is 11.0 Å². The SMILES string of the molecule is O=C(CCC(F)(F)F)N1CCC2(CCCN(Cc3ccc(F)c(F)c3)C2)C1. The third-order valence-electron chi connectivity index (χ3n) is 5.54. The van der Waals surface area contributed by atoms with Gasteiger partial charge in [-0.05, 0) is 43.5 Å². The Morgan fingerprint density at radius 3 is 2.56 bits per heavy atom. The van der Waals surface area contributed by atoms with Crippen molar-refractivity contribution in [2.45, 2.75) is 44.8 Å². The average molecular weight is 390 g/mol. The number of likely N-dealkylation sites (tertiary alicyclic amines) is 2. The molecule has 8 heteroatoms. The number of alkyl halides is 3. The van der Waals surface area contributed by atoms with Crippen molar-refractivity contribution in [3.8, 4) is 0 Å². The highest BCUT2D eigenvalue weighted by Gasteiger charge is 2.43. The van der Waals surface area contributed by atoms with Gasteiger partial charge in [0.15, 0.2) is 11.6 Å². The van der Waals surface area contributed by atoms with Crippen molar-refractivity contribution in [3.63, 3.8) is 0 Å². The number of rotatable bonds is 4. The molecule has 1 aromatic carbocycles. The zero-order valence-electron chi connectivity index (χ0n) is 15.0. The normalized spacial score (nSPS) is 24.0. The van der Waals surface area contributed by atoms with Gasteiger partial charge >= 0.3 is 6.18 Å². The van der Waals surface area contributed by atoms with Crippen LogP contribution in [0.1, 0.15) is 37.7 Å². The summed E-state index contributed by atoms with van der Waals surface area (Å²) in [5.74, 6) is -2.19. The molecule has 2 aliphatic heterocycles. The number of hydrogen-bond acceptors (Lipinski definition) is 2. The highest BCUT2D eigenvalue weighted by atomic mass is 19.4. The van der Waals surface area contributed by atoms with Crippen molar-refractivity contribution in [2.24, 2.45) is 5.41 Å². The van der Waals surface area contributed by atoms with Gasteiger partial charge in [-0.1, -0.05) is 6.07 Å². The molecule has 3 nitrogen and oxygen atoms in total. The zero-order chi connectivity index (χ0) is 19.7. The zero-order valence-corrected chi connectivity index (χ0v) is 15.0. The second-order valence-corrected chi connectivity index (χ2v) is 7.74. The molecule has 1 amide bonds. The molecule has 0 N–H and O–H groups in total. The van der Waals surface area contributed by atoms with Crippen LogP contribution in [0.5, 0.6) is 0 Å². The molecule has 0 bridgehead atoms. The lowest BCUT2D eigenvalue weighted by Crippen LogP contribution is -2.45. The fraction of sp³-hybridized carbons (Fsp3) is 0.632. The van der Waals surface area contributed by atoms with E-state index in [0.29, 0.717) is 31.7 Å². The Morgan fingerprint density at radius 2 is 1.85 bits per heavy atom. The summed E-state index contributed by atoms with van der Waals surface area (Å²) in [5.41, 5.74) is 0.562. The minimum Gasteiger partial charge on any atom is -0.342 e. The van der Waals surface area contributed by atoms with E-state index < -0.39 is 36.6 Å². The molecule has 0 aliphatic carbocycles. The van der Waals surface area contributed by atoms with Crippen molar-refractivity contribution in [3.05, 3.63) is 35.4 Å². The van der Waals surface area contributed by atoms with Crippen LogP contribution in [0.4, 0.5) is 22.0 Å². The second-order valence-electron chi connectivity index (χ2n) is 7.74. The second kappa shape index (κ2) is 7.73. The minimum absolute atomic E-state index is 0.120. The molecular formula is C19H23F5N2O. The van der Waals surface area contributed by atoms with E-state index in [4.69, 9.17) is 0 Å². The summed E-state index contributed by atoms with van der Waals surface area (Å²) in [6.45, 7) is 2.96. The van der Waals surface area contributed by atoms with Gasteiger partial charge in [0, 0.05) is 38.0 Å². The summed E-state index contributed by atoms with van der Waals surface area (Å²) in [7, 11) is 0. The summed E-state index contributed by atoms with van der Waals surface area (Å²) >= 11 is 0. The van der Waals surface area contributed by atoms with Crippen LogP contribution < -0.4 is 0 Å². The molecule has 2 heterocycles. The van der Waals surface area contributed by atoms with Crippen molar-refractivity contribution in [1.29, 1.82) is 0 Å². The Balaban J connectivity index is 1.57. The Kier molecular flexibility index (Phi) is 5.74. The summed E-state index contributed by atoms with van der Waals surface area (Å²) in [4.78, 5) is 15.8. The topological polar surface area (TPSA) is 23.6 Å². The Hall–Kier alpha value is -1.70. The van der Waals surface area contributed by atoms with E-state index in [-0.39, 0.29) is 5.41 Å². The van der Waals surface area contributed by atoms with Crippen LogP contribution in [0, 0.1) is 17.0 Å². The van der Waals surface area contributed by atoms with Gasteiger partial charge in [0.2, 0.25) is 5.91 Å². The molecule has 2 fully saturated rings. The van der Waals surface area contributed by atoms with Crippen molar-refractivity contribution in [2.75, 3.05) is 26.2 Å². The number of amides is 1. The predicted octanol–water partition coefficient (Wildman–Crippen LogP) is 4.12. The molecular weight excluding hydrogens is 367 g/mol. The first kappa shape index (κ1) is 20.0. The standard InChI is InChI=1S/C19H23F5N2O/c20-15-3-2-14(10-16(15)21)11-25-8-1-5-18(12-25)7-9-26(13-18)17(27)4-6-19(22,23)24/h2-3,10H,1,4-9,11-13H2. The van der Waals surface area contributed by atoms with Gasteiger partial charge in [-0.15, -0.1) is 0 Å². The third-order valence-corrected chi connectivity index (χ3v) is 5.54. The quantitative estimate of drug-likeness (QED) is 0.722. The maximum atomic E-state index is 13.4. The summed E-state index contributed by atoms with van der Waals surface area (Å²) in [6, 6.07) is 3.86. The van der Waals surface area contributed by atoms with Crippen molar-refractivity contribution < 1.29 is 26.7 Å². The molecule has 150 valence electrons. The molecule has 3 rings (SSSR count). The first-order valence-corrected chi connectivity index (χ1v) is 9.17. The van der Waals surface area contributed by atoms with E-state index >= 15 is 0 Å². The maximum Gasteiger partial charge on any atom is 0.389 e. The Labute approximate surface area is 155 Å². The minimum atomic E-state index is -4.32. The monoisotopic (exact) mass is 390 g/mol. The molecule has 2 aliphatic rings. The lowest BCUT2D eigenvalue weighted by molar-refractivity contribution is -0.148. The predicted molar refractivity (Wildman–Crippen MR) is 89.8 cm³/mol. The Morgan fingerprint density at radius 1 is 1.07 bits per heavy atom. The number of piperidine rings is 1. The molecule has 0 radical (unpaired) electrons. The van der Waals surface area contributed by atoms with Gasteiger partial charge in [-0.3, -0.25) is 9.69 Å². The number of carbonyl (C=O) groups excluding carboxylic acids is 1. The smallest absolute Gasteiger partial charge is 0.342 e. The highest BCUT2D eigenvalue weighted by molar-refractivity contribution is 5.76. The number of nitrogens with zero attached hydrogens (tertiary/aromatic N) is 2. The number of carbonyl (C=O) groups is 1. The maximum absolute atomic E-state index is 13.4.